The van der Waals surface area contributed by atoms with Crippen molar-refractivity contribution in [3.05, 3.63) is 6.92 Å². The van der Waals surface area contributed by atoms with E-state index in [1.807, 2.05) is 6.07 Å². The molecule has 2 heteroatoms. The number of nitriles is 1. The Morgan fingerprint density at radius 2 is 2.38 bits per heavy atom. The lowest BCUT2D eigenvalue weighted by Crippen LogP contribution is -2.02. The molecule has 0 amide bonds. The Labute approximate surface area is 49.8 Å². The van der Waals surface area contributed by atoms with E-state index < -0.39 is 0 Å². The van der Waals surface area contributed by atoms with E-state index in [2.05, 4.69) is 6.92 Å². The summed E-state index contributed by atoms with van der Waals surface area (Å²) >= 11 is 0. The SMILES string of the molecule is [CH2]CC(O)CCC#N. The van der Waals surface area contributed by atoms with Crippen molar-refractivity contribution in [2.75, 3.05) is 0 Å². The van der Waals surface area contributed by atoms with Gasteiger partial charge < -0.3 is 5.11 Å². The molecule has 0 rings (SSSR count). The minimum atomic E-state index is -0.380. The van der Waals surface area contributed by atoms with E-state index in [-0.39, 0.29) is 6.10 Å². The van der Waals surface area contributed by atoms with Crippen LogP contribution < -0.4 is 0 Å². The molecule has 1 radical (unpaired) electrons. The van der Waals surface area contributed by atoms with E-state index in [9.17, 15) is 0 Å². The van der Waals surface area contributed by atoms with Crippen LogP contribution in [0.4, 0.5) is 0 Å². The molecule has 0 saturated heterocycles. The fraction of sp³-hybridized carbons (Fsp3) is 0.667. The molecule has 0 aromatic carbocycles. The largest absolute Gasteiger partial charge is 0.393 e. The number of rotatable bonds is 3. The van der Waals surface area contributed by atoms with Crippen molar-refractivity contribution in [1.29, 1.82) is 5.26 Å². The van der Waals surface area contributed by atoms with Crippen LogP contribution in [-0.4, -0.2) is 11.2 Å². The second-order valence-electron chi connectivity index (χ2n) is 1.64. The molecule has 0 saturated carbocycles. The minimum Gasteiger partial charge on any atom is -0.393 e. The Morgan fingerprint density at radius 1 is 1.75 bits per heavy atom. The molecule has 0 aliphatic carbocycles. The molecule has 0 spiro atoms. The van der Waals surface area contributed by atoms with Crippen molar-refractivity contribution < 1.29 is 5.11 Å². The van der Waals surface area contributed by atoms with Gasteiger partial charge in [0.15, 0.2) is 0 Å². The third kappa shape index (κ3) is 3.63. The summed E-state index contributed by atoms with van der Waals surface area (Å²) in [6.45, 7) is 3.48. The van der Waals surface area contributed by atoms with Crippen LogP contribution in [0.3, 0.4) is 0 Å². The van der Waals surface area contributed by atoms with Crippen LogP contribution in [0.1, 0.15) is 19.3 Å². The van der Waals surface area contributed by atoms with E-state index in [4.69, 9.17) is 10.4 Å². The molecule has 1 atom stereocenters. The standard InChI is InChI=1S/C6H10NO/c1-2-6(8)4-3-5-7/h6,8H,1-4H2. The Kier molecular flexibility index (Phi) is 4.29. The van der Waals surface area contributed by atoms with Crippen molar-refractivity contribution in [1.82, 2.24) is 0 Å². The molecule has 0 aliphatic rings. The predicted molar refractivity (Wildman–Crippen MR) is 30.8 cm³/mol. The molecule has 0 fully saturated rings. The van der Waals surface area contributed by atoms with Gasteiger partial charge in [-0.25, -0.2) is 0 Å². The van der Waals surface area contributed by atoms with Crippen molar-refractivity contribution >= 4 is 0 Å². The van der Waals surface area contributed by atoms with Gasteiger partial charge in [-0.05, 0) is 12.8 Å². The molecule has 0 aromatic heterocycles. The Balaban J connectivity index is 3.01. The van der Waals surface area contributed by atoms with Gasteiger partial charge in [-0.1, -0.05) is 6.92 Å². The topological polar surface area (TPSA) is 44.0 Å². The first-order valence-electron chi connectivity index (χ1n) is 2.65. The highest BCUT2D eigenvalue weighted by atomic mass is 16.3. The van der Waals surface area contributed by atoms with Gasteiger partial charge in [0.1, 0.15) is 0 Å². The van der Waals surface area contributed by atoms with Crippen molar-refractivity contribution in [2.24, 2.45) is 0 Å². The molecule has 8 heavy (non-hydrogen) atoms. The first-order chi connectivity index (χ1) is 3.81. The smallest absolute Gasteiger partial charge is 0.0622 e. The second-order valence-corrected chi connectivity index (χ2v) is 1.64. The number of hydrogen-bond acceptors (Lipinski definition) is 2. The zero-order valence-electron chi connectivity index (χ0n) is 4.80. The molecule has 0 aliphatic heterocycles. The van der Waals surface area contributed by atoms with Gasteiger partial charge in [0, 0.05) is 6.42 Å². The summed E-state index contributed by atoms with van der Waals surface area (Å²) in [6.07, 6.45) is 1.10. The Hall–Kier alpha value is -0.550. The predicted octanol–water partition coefficient (Wildman–Crippen LogP) is 0.875. The number of nitrogens with zero attached hydrogens (tertiary/aromatic N) is 1. The molecule has 1 unspecified atom stereocenters. The molecule has 0 heterocycles. The van der Waals surface area contributed by atoms with E-state index in [0.717, 1.165) is 0 Å². The average Bonchev–Trinajstić information content (AvgIpc) is 1.83. The quantitative estimate of drug-likeness (QED) is 0.588. The van der Waals surface area contributed by atoms with Gasteiger partial charge in [0.05, 0.1) is 12.2 Å². The highest BCUT2D eigenvalue weighted by molar-refractivity contribution is 4.71. The number of aliphatic hydroxyl groups excluding tert-OH is 1. The maximum atomic E-state index is 8.78. The minimum absolute atomic E-state index is 0.380. The Morgan fingerprint density at radius 3 is 2.75 bits per heavy atom. The summed E-state index contributed by atoms with van der Waals surface area (Å²) in [5.41, 5.74) is 0. The van der Waals surface area contributed by atoms with E-state index >= 15 is 0 Å². The van der Waals surface area contributed by atoms with Crippen molar-refractivity contribution in [3.63, 3.8) is 0 Å². The van der Waals surface area contributed by atoms with Crippen LogP contribution in [0, 0.1) is 18.3 Å². The maximum absolute atomic E-state index is 8.78. The van der Waals surface area contributed by atoms with Crippen LogP contribution in [0.25, 0.3) is 0 Å². The van der Waals surface area contributed by atoms with Crippen LogP contribution in [0.2, 0.25) is 0 Å². The van der Waals surface area contributed by atoms with E-state index in [1.165, 1.54) is 0 Å². The highest BCUT2D eigenvalue weighted by Crippen LogP contribution is 1.97. The van der Waals surface area contributed by atoms with Gasteiger partial charge in [0.2, 0.25) is 0 Å². The van der Waals surface area contributed by atoms with E-state index in [0.29, 0.717) is 19.3 Å². The summed E-state index contributed by atoms with van der Waals surface area (Å²) in [5, 5.41) is 16.8. The number of aliphatic hydroxyl groups is 1. The van der Waals surface area contributed by atoms with E-state index in [1.54, 1.807) is 0 Å². The van der Waals surface area contributed by atoms with Crippen LogP contribution in [-0.2, 0) is 0 Å². The molecular formula is C6H10NO. The fourth-order valence-corrected chi connectivity index (χ4v) is 0.375. The highest BCUT2D eigenvalue weighted by Gasteiger charge is 1.96. The first kappa shape index (κ1) is 7.45. The normalized spacial score (nSPS) is 12.6. The lowest BCUT2D eigenvalue weighted by Gasteiger charge is -2.00. The zero-order chi connectivity index (χ0) is 6.41. The molecule has 1 N–H and O–H groups in total. The molecular weight excluding hydrogens is 102 g/mol. The lowest BCUT2D eigenvalue weighted by molar-refractivity contribution is 0.169. The second kappa shape index (κ2) is 4.61. The summed E-state index contributed by atoms with van der Waals surface area (Å²) in [5.74, 6) is 0. The summed E-state index contributed by atoms with van der Waals surface area (Å²) in [4.78, 5) is 0. The summed E-state index contributed by atoms with van der Waals surface area (Å²) < 4.78 is 0. The molecule has 0 aromatic rings. The average molecular weight is 112 g/mol. The molecule has 0 bridgehead atoms. The molecule has 2 nitrogen and oxygen atoms in total. The maximum Gasteiger partial charge on any atom is 0.0622 e. The number of hydrogen-bond donors (Lipinski definition) is 1. The molecule has 45 valence electrons. The van der Waals surface area contributed by atoms with Gasteiger partial charge >= 0.3 is 0 Å². The van der Waals surface area contributed by atoms with Gasteiger partial charge in [-0.15, -0.1) is 0 Å². The fourth-order valence-electron chi connectivity index (χ4n) is 0.375. The van der Waals surface area contributed by atoms with Crippen LogP contribution >= 0.6 is 0 Å². The van der Waals surface area contributed by atoms with Gasteiger partial charge in [-0.2, -0.15) is 5.26 Å². The summed E-state index contributed by atoms with van der Waals surface area (Å²) in [6, 6.07) is 1.95. The van der Waals surface area contributed by atoms with Crippen LogP contribution in [0.15, 0.2) is 0 Å². The monoisotopic (exact) mass is 112 g/mol. The van der Waals surface area contributed by atoms with Gasteiger partial charge in [0.25, 0.3) is 0 Å². The first-order valence-corrected chi connectivity index (χ1v) is 2.65. The third-order valence-electron chi connectivity index (χ3n) is 0.923. The van der Waals surface area contributed by atoms with Crippen molar-refractivity contribution in [3.8, 4) is 6.07 Å². The summed E-state index contributed by atoms with van der Waals surface area (Å²) in [7, 11) is 0. The lowest BCUT2D eigenvalue weighted by atomic mass is 10.2. The Bertz CT molecular complexity index is 85.0. The van der Waals surface area contributed by atoms with Crippen LogP contribution in [0.5, 0.6) is 0 Å². The third-order valence-corrected chi connectivity index (χ3v) is 0.923. The van der Waals surface area contributed by atoms with Crippen molar-refractivity contribution in [2.45, 2.75) is 25.4 Å². The zero-order valence-corrected chi connectivity index (χ0v) is 4.80. The van der Waals surface area contributed by atoms with Gasteiger partial charge in [-0.3, -0.25) is 0 Å².